The van der Waals surface area contributed by atoms with Gasteiger partial charge in [-0.05, 0) is 42.2 Å². The number of esters is 1. The van der Waals surface area contributed by atoms with Crippen molar-refractivity contribution in [3.8, 4) is 11.1 Å². The lowest BCUT2D eigenvalue weighted by Gasteiger charge is -2.08. The molecule has 172 valence electrons. The first-order valence-corrected chi connectivity index (χ1v) is 11.7. The number of ketones is 1. The van der Waals surface area contributed by atoms with Gasteiger partial charge in [0.25, 0.3) is 0 Å². The van der Waals surface area contributed by atoms with Crippen molar-refractivity contribution in [2.24, 2.45) is 0 Å². The number of nitrogens with zero attached hydrogens (tertiary/aromatic N) is 1. The van der Waals surface area contributed by atoms with Crippen LogP contribution in [0, 0.1) is 0 Å². The van der Waals surface area contributed by atoms with E-state index in [2.05, 4.69) is 12.1 Å². The summed E-state index contributed by atoms with van der Waals surface area (Å²) in [6.07, 6.45) is 2.60. The molecule has 0 amide bonds. The zero-order chi connectivity index (χ0) is 24.2. The zero-order valence-corrected chi connectivity index (χ0v) is 19.5. The summed E-state index contributed by atoms with van der Waals surface area (Å²) < 4.78 is 7.32. The number of hydrogen-bond donors (Lipinski definition) is 0. The second-order valence-corrected chi connectivity index (χ2v) is 8.33. The molecular formula is C31H25NO3. The SMILES string of the molecule is CCOC(=O)c1c(-c2ccccc2)c(C(=O)c2ccccc2)n2ccc(Cc3ccccc3)cc12. The monoisotopic (exact) mass is 459 g/mol. The molecule has 4 nitrogen and oxygen atoms in total. The number of hydrogen-bond acceptors (Lipinski definition) is 3. The number of fused-ring (bicyclic) bond motifs is 1. The van der Waals surface area contributed by atoms with Crippen molar-refractivity contribution in [2.45, 2.75) is 13.3 Å². The van der Waals surface area contributed by atoms with Gasteiger partial charge in [-0.2, -0.15) is 0 Å². The van der Waals surface area contributed by atoms with Crippen molar-refractivity contribution in [2.75, 3.05) is 6.61 Å². The van der Waals surface area contributed by atoms with Crippen LogP contribution in [0.25, 0.3) is 16.6 Å². The molecule has 0 unspecified atom stereocenters. The molecule has 5 rings (SSSR count). The average Bonchev–Trinajstić information content (AvgIpc) is 3.24. The van der Waals surface area contributed by atoms with Crippen molar-refractivity contribution in [3.05, 3.63) is 137 Å². The Morgan fingerprint density at radius 1 is 0.771 bits per heavy atom. The van der Waals surface area contributed by atoms with Crippen molar-refractivity contribution < 1.29 is 14.3 Å². The number of aromatic nitrogens is 1. The summed E-state index contributed by atoms with van der Waals surface area (Å²) in [4.78, 5) is 27.2. The summed E-state index contributed by atoms with van der Waals surface area (Å²) in [7, 11) is 0. The fourth-order valence-corrected chi connectivity index (χ4v) is 4.48. The van der Waals surface area contributed by atoms with Crippen LogP contribution in [0.4, 0.5) is 0 Å². The highest BCUT2D eigenvalue weighted by molar-refractivity contribution is 6.18. The van der Waals surface area contributed by atoms with Gasteiger partial charge in [-0.25, -0.2) is 4.79 Å². The topological polar surface area (TPSA) is 47.8 Å². The van der Waals surface area contributed by atoms with Gasteiger partial charge in [-0.15, -0.1) is 0 Å². The second kappa shape index (κ2) is 9.82. The quantitative estimate of drug-likeness (QED) is 0.203. The van der Waals surface area contributed by atoms with Gasteiger partial charge in [0.1, 0.15) is 5.69 Å². The van der Waals surface area contributed by atoms with Gasteiger partial charge in [0.05, 0.1) is 17.7 Å². The van der Waals surface area contributed by atoms with Gasteiger partial charge in [0, 0.05) is 17.3 Å². The van der Waals surface area contributed by atoms with Gasteiger partial charge in [-0.1, -0.05) is 91.0 Å². The summed E-state index contributed by atoms with van der Waals surface area (Å²) in [5, 5.41) is 0. The Labute approximate surface area is 204 Å². The van der Waals surface area contributed by atoms with Crippen LogP contribution in [-0.2, 0) is 11.2 Å². The van der Waals surface area contributed by atoms with E-state index < -0.39 is 5.97 Å². The summed E-state index contributed by atoms with van der Waals surface area (Å²) in [6.45, 7) is 2.03. The number of rotatable bonds is 7. The molecule has 0 aliphatic heterocycles. The van der Waals surface area contributed by atoms with E-state index in [9.17, 15) is 9.59 Å². The minimum Gasteiger partial charge on any atom is -0.462 e. The number of benzene rings is 3. The van der Waals surface area contributed by atoms with Crippen molar-refractivity contribution in [1.29, 1.82) is 0 Å². The summed E-state index contributed by atoms with van der Waals surface area (Å²) in [5.74, 6) is -0.585. The molecule has 0 radical (unpaired) electrons. The van der Waals surface area contributed by atoms with Crippen LogP contribution in [0.5, 0.6) is 0 Å². The molecule has 0 spiro atoms. The highest BCUT2D eigenvalue weighted by Crippen LogP contribution is 2.36. The fraction of sp³-hybridized carbons (Fsp3) is 0.0968. The molecule has 0 atom stereocenters. The molecule has 0 aliphatic rings. The Kier molecular flexibility index (Phi) is 6.27. The summed E-state index contributed by atoms with van der Waals surface area (Å²) >= 11 is 0. The first kappa shape index (κ1) is 22.4. The molecule has 4 heteroatoms. The van der Waals surface area contributed by atoms with Crippen LogP contribution in [0.15, 0.2) is 109 Å². The second-order valence-electron chi connectivity index (χ2n) is 8.33. The Morgan fingerprint density at radius 3 is 2.06 bits per heavy atom. The summed E-state index contributed by atoms with van der Waals surface area (Å²) in [6, 6.07) is 32.9. The molecule has 0 N–H and O–H groups in total. The van der Waals surface area contributed by atoms with E-state index in [1.54, 1.807) is 19.1 Å². The van der Waals surface area contributed by atoms with Crippen LogP contribution in [0.3, 0.4) is 0 Å². The molecule has 2 heterocycles. The zero-order valence-electron chi connectivity index (χ0n) is 19.5. The predicted molar refractivity (Wildman–Crippen MR) is 138 cm³/mol. The van der Waals surface area contributed by atoms with Crippen molar-refractivity contribution in [3.63, 3.8) is 0 Å². The standard InChI is InChI=1S/C31H25NO3/c1-2-35-31(34)28-26-21-23(20-22-12-6-3-7-13-22)18-19-32(26)29(27(28)24-14-8-4-9-15-24)30(33)25-16-10-5-11-17-25/h3-19,21H,2,20H2,1H3. The lowest BCUT2D eigenvalue weighted by atomic mass is 9.96. The molecule has 0 fully saturated rings. The van der Waals surface area contributed by atoms with E-state index in [0.717, 1.165) is 11.1 Å². The van der Waals surface area contributed by atoms with E-state index in [4.69, 9.17) is 4.74 Å². The van der Waals surface area contributed by atoms with E-state index >= 15 is 0 Å². The third-order valence-corrected chi connectivity index (χ3v) is 6.05. The molecule has 0 bridgehead atoms. The normalized spacial score (nSPS) is 10.9. The lowest BCUT2D eigenvalue weighted by molar-refractivity contribution is 0.0529. The maximum absolute atomic E-state index is 13.9. The highest BCUT2D eigenvalue weighted by Gasteiger charge is 2.29. The van der Waals surface area contributed by atoms with Gasteiger partial charge >= 0.3 is 5.97 Å². The number of carbonyl (C=O) groups excluding carboxylic acids is 2. The Bertz CT molecular complexity index is 1490. The van der Waals surface area contributed by atoms with Gasteiger partial charge in [0.2, 0.25) is 5.78 Å². The van der Waals surface area contributed by atoms with E-state index in [1.165, 1.54) is 5.56 Å². The van der Waals surface area contributed by atoms with Crippen molar-refractivity contribution in [1.82, 2.24) is 4.40 Å². The maximum atomic E-state index is 13.9. The molecule has 35 heavy (non-hydrogen) atoms. The molecule has 0 aliphatic carbocycles. The average molecular weight is 460 g/mol. The van der Waals surface area contributed by atoms with Gasteiger partial charge in [-0.3, -0.25) is 4.79 Å². The number of pyridine rings is 1. The number of carbonyl (C=O) groups is 2. The third-order valence-electron chi connectivity index (χ3n) is 6.05. The van der Waals surface area contributed by atoms with E-state index in [1.807, 2.05) is 89.5 Å². The molecule has 0 saturated carbocycles. The lowest BCUT2D eigenvalue weighted by Crippen LogP contribution is -2.08. The van der Waals surface area contributed by atoms with E-state index in [0.29, 0.717) is 34.3 Å². The largest absolute Gasteiger partial charge is 0.462 e. The van der Waals surface area contributed by atoms with Crippen LogP contribution >= 0.6 is 0 Å². The summed E-state index contributed by atoms with van der Waals surface area (Å²) in [5.41, 5.74) is 5.69. The predicted octanol–water partition coefficient (Wildman–Crippen LogP) is 6.60. The Morgan fingerprint density at radius 2 is 1.40 bits per heavy atom. The third kappa shape index (κ3) is 4.38. The van der Waals surface area contributed by atoms with Gasteiger partial charge in [0.15, 0.2) is 0 Å². The minimum absolute atomic E-state index is 0.147. The maximum Gasteiger partial charge on any atom is 0.340 e. The molecule has 3 aromatic carbocycles. The first-order valence-electron chi connectivity index (χ1n) is 11.7. The smallest absolute Gasteiger partial charge is 0.340 e. The van der Waals surface area contributed by atoms with Crippen LogP contribution in [-0.4, -0.2) is 22.8 Å². The van der Waals surface area contributed by atoms with Crippen LogP contribution in [0.1, 0.15) is 44.5 Å². The van der Waals surface area contributed by atoms with Gasteiger partial charge < -0.3 is 9.14 Å². The fourth-order valence-electron chi connectivity index (χ4n) is 4.48. The molecule has 0 saturated heterocycles. The first-order chi connectivity index (χ1) is 17.2. The molecular weight excluding hydrogens is 434 g/mol. The molecule has 5 aromatic rings. The van der Waals surface area contributed by atoms with Crippen LogP contribution < -0.4 is 0 Å². The Hall–Kier alpha value is -4.44. The molecule has 2 aromatic heterocycles. The number of ether oxygens (including phenoxy) is 1. The highest BCUT2D eigenvalue weighted by atomic mass is 16.5. The minimum atomic E-state index is -0.437. The Balaban J connectivity index is 1.79. The van der Waals surface area contributed by atoms with Crippen molar-refractivity contribution >= 4 is 17.3 Å². The van der Waals surface area contributed by atoms with Crippen LogP contribution in [0.2, 0.25) is 0 Å². The van der Waals surface area contributed by atoms with E-state index in [-0.39, 0.29) is 12.4 Å².